The molecule has 0 saturated heterocycles. The lowest BCUT2D eigenvalue weighted by molar-refractivity contribution is 0.669. The van der Waals surface area contributed by atoms with Crippen LogP contribution in [0.25, 0.3) is 82.9 Å². The maximum Gasteiger partial charge on any atom is 0.161 e. The summed E-state index contributed by atoms with van der Waals surface area (Å²) in [7, 11) is 0. The van der Waals surface area contributed by atoms with E-state index in [-0.39, 0.29) is 0 Å². The van der Waals surface area contributed by atoms with Crippen LogP contribution in [-0.2, 0) is 0 Å². The van der Waals surface area contributed by atoms with Crippen molar-refractivity contribution < 1.29 is 8.83 Å². The van der Waals surface area contributed by atoms with E-state index < -0.39 is 0 Å². The lowest BCUT2D eigenvalue weighted by Gasteiger charge is -2.13. The standard InChI is InChI=1S/C38H23NO2/c1-2-12-24(13-3-1)39-31-20-8-6-16-29(31)38-37(39)36-28(19-11-23-34(36)41-38)26-15-5-4-14-25(26)27-18-10-22-33-35(27)30-17-7-9-21-32(30)40-33/h1-23H. The van der Waals surface area contributed by atoms with E-state index in [1.165, 1.54) is 0 Å². The van der Waals surface area contributed by atoms with E-state index in [0.717, 1.165) is 82.9 Å². The van der Waals surface area contributed by atoms with Crippen LogP contribution in [0.4, 0.5) is 0 Å². The summed E-state index contributed by atoms with van der Waals surface area (Å²) < 4.78 is 15.3. The summed E-state index contributed by atoms with van der Waals surface area (Å²) in [4.78, 5) is 0. The van der Waals surface area contributed by atoms with Gasteiger partial charge in [0.1, 0.15) is 22.3 Å². The summed E-state index contributed by atoms with van der Waals surface area (Å²) in [5, 5.41) is 4.48. The molecular weight excluding hydrogens is 502 g/mol. The minimum Gasteiger partial charge on any atom is -0.456 e. The number of rotatable bonds is 3. The van der Waals surface area contributed by atoms with E-state index in [9.17, 15) is 0 Å². The maximum atomic E-state index is 6.66. The number of nitrogens with zero attached hydrogens (tertiary/aromatic N) is 1. The van der Waals surface area contributed by atoms with Crippen molar-refractivity contribution in [2.75, 3.05) is 0 Å². The van der Waals surface area contributed by atoms with Gasteiger partial charge < -0.3 is 13.4 Å². The average Bonchev–Trinajstić information content (AvgIpc) is 3.70. The van der Waals surface area contributed by atoms with Crippen LogP contribution >= 0.6 is 0 Å². The molecule has 0 spiro atoms. The van der Waals surface area contributed by atoms with E-state index in [0.29, 0.717) is 0 Å². The highest BCUT2D eigenvalue weighted by molar-refractivity contribution is 6.21. The predicted octanol–water partition coefficient (Wildman–Crippen LogP) is 10.8. The summed E-state index contributed by atoms with van der Waals surface area (Å²) in [5.41, 5.74) is 11.5. The van der Waals surface area contributed by atoms with Crippen molar-refractivity contribution in [3.8, 4) is 27.9 Å². The van der Waals surface area contributed by atoms with Gasteiger partial charge in [-0.3, -0.25) is 0 Å². The van der Waals surface area contributed by atoms with Crippen LogP contribution in [-0.4, -0.2) is 4.57 Å². The summed E-state index contributed by atoms with van der Waals surface area (Å²) in [6.45, 7) is 0. The van der Waals surface area contributed by atoms with Crippen molar-refractivity contribution >= 4 is 54.9 Å². The Hall–Kier alpha value is -5.54. The monoisotopic (exact) mass is 525 g/mol. The number of furan rings is 2. The van der Waals surface area contributed by atoms with Gasteiger partial charge in [-0.25, -0.2) is 0 Å². The molecule has 0 aliphatic heterocycles. The van der Waals surface area contributed by atoms with E-state index in [4.69, 9.17) is 8.83 Å². The van der Waals surface area contributed by atoms with Crippen LogP contribution in [0.2, 0.25) is 0 Å². The molecule has 3 aromatic heterocycles. The molecule has 0 amide bonds. The van der Waals surface area contributed by atoms with Crippen molar-refractivity contribution in [3.05, 3.63) is 140 Å². The van der Waals surface area contributed by atoms with Crippen molar-refractivity contribution in [3.63, 3.8) is 0 Å². The highest BCUT2D eigenvalue weighted by Gasteiger charge is 2.23. The molecule has 0 radical (unpaired) electrons. The first kappa shape index (κ1) is 22.3. The molecule has 0 saturated carbocycles. The molecule has 0 fully saturated rings. The minimum atomic E-state index is 0.879. The Bertz CT molecular complexity index is 2420. The molecule has 0 unspecified atom stereocenters. The lowest BCUT2D eigenvalue weighted by Crippen LogP contribution is -1.94. The van der Waals surface area contributed by atoms with Gasteiger partial charge in [0.25, 0.3) is 0 Å². The first-order chi connectivity index (χ1) is 20.4. The molecule has 41 heavy (non-hydrogen) atoms. The SMILES string of the molecule is c1ccc(-n2c3ccccc3c3oc4cccc(-c5ccccc5-c5cccc6oc7ccccc7c56)c4c32)cc1. The molecule has 3 heterocycles. The first-order valence-corrected chi connectivity index (χ1v) is 13.9. The molecular formula is C38H23NO2. The van der Waals surface area contributed by atoms with Crippen LogP contribution in [0.5, 0.6) is 0 Å². The van der Waals surface area contributed by atoms with Gasteiger partial charge in [0.15, 0.2) is 5.58 Å². The van der Waals surface area contributed by atoms with E-state index >= 15 is 0 Å². The van der Waals surface area contributed by atoms with Gasteiger partial charge in [-0.15, -0.1) is 0 Å². The van der Waals surface area contributed by atoms with E-state index in [1.807, 2.05) is 12.1 Å². The summed E-state index contributed by atoms with van der Waals surface area (Å²) in [5.74, 6) is 0. The Morgan fingerprint density at radius 1 is 0.390 bits per heavy atom. The zero-order chi connectivity index (χ0) is 26.9. The fourth-order valence-corrected chi connectivity index (χ4v) is 6.53. The van der Waals surface area contributed by atoms with Gasteiger partial charge >= 0.3 is 0 Å². The number of hydrogen-bond acceptors (Lipinski definition) is 2. The van der Waals surface area contributed by atoms with Gasteiger partial charge in [0.2, 0.25) is 0 Å². The second-order valence-electron chi connectivity index (χ2n) is 10.5. The predicted molar refractivity (Wildman–Crippen MR) is 169 cm³/mol. The van der Waals surface area contributed by atoms with Crippen LogP contribution in [0.3, 0.4) is 0 Å². The fourth-order valence-electron chi connectivity index (χ4n) is 6.53. The molecule has 6 aromatic carbocycles. The van der Waals surface area contributed by atoms with Crippen molar-refractivity contribution in [1.82, 2.24) is 4.57 Å². The fraction of sp³-hybridized carbons (Fsp3) is 0. The normalized spacial score (nSPS) is 11.9. The summed E-state index contributed by atoms with van der Waals surface area (Å²) in [6, 6.07) is 48.7. The van der Waals surface area contributed by atoms with E-state index in [1.54, 1.807) is 0 Å². The highest BCUT2D eigenvalue weighted by Crippen LogP contribution is 2.46. The lowest BCUT2D eigenvalue weighted by atomic mass is 9.90. The number of hydrogen-bond donors (Lipinski definition) is 0. The molecule has 0 aliphatic rings. The van der Waals surface area contributed by atoms with Crippen molar-refractivity contribution in [1.29, 1.82) is 0 Å². The average molecular weight is 526 g/mol. The third kappa shape index (κ3) is 3.14. The van der Waals surface area contributed by atoms with Crippen LogP contribution in [0.15, 0.2) is 148 Å². The number of para-hydroxylation sites is 3. The smallest absolute Gasteiger partial charge is 0.161 e. The van der Waals surface area contributed by atoms with Crippen LogP contribution in [0.1, 0.15) is 0 Å². The maximum absolute atomic E-state index is 6.66. The second-order valence-corrected chi connectivity index (χ2v) is 10.5. The number of aromatic nitrogens is 1. The van der Waals surface area contributed by atoms with Crippen molar-refractivity contribution in [2.24, 2.45) is 0 Å². The van der Waals surface area contributed by atoms with Gasteiger partial charge in [-0.1, -0.05) is 97.1 Å². The Kier molecular flexibility index (Phi) is 4.61. The zero-order valence-electron chi connectivity index (χ0n) is 22.0. The molecule has 0 atom stereocenters. The zero-order valence-corrected chi connectivity index (χ0v) is 22.0. The Morgan fingerprint density at radius 3 is 1.73 bits per heavy atom. The number of fused-ring (bicyclic) bond motifs is 8. The second kappa shape index (κ2) is 8.48. The topological polar surface area (TPSA) is 31.2 Å². The largest absolute Gasteiger partial charge is 0.456 e. The molecule has 9 aromatic rings. The molecule has 9 rings (SSSR count). The summed E-state index contributed by atoms with van der Waals surface area (Å²) in [6.07, 6.45) is 0. The molecule has 3 nitrogen and oxygen atoms in total. The van der Waals surface area contributed by atoms with E-state index in [2.05, 4.69) is 132 Å². The van der Waals surface area contributed by atoms with Crippen LogP contribution < -0.4 is 0 Å². The van der Waals surface area contributed by atoms with Gasteiger partial charge in [-0.05, 0) is 64.7 Å². The first-order valence-electron chi connectivity index (χ1n) is 13.9. The Morgan fingerprint density at radius 2 is 0.951 bits per heavy atom. The Balaban J connectivity index is 1.41. The quantitative estimate of drug-likeness (QED) is 0.230. The minimum absolute atomic E-state index is 0.879. The van der Waals surface area contributed by atoms with Gasteiger partial charge in [0.05, 0.1) is 10.9 Å². The van der Waals surface area contributed by atoms with Gasteiger partial charge in [0, 0.05) is 21.8 Å². The number of benzene rings is 6. The third-order valence-electron chi connectivity index (χ3n) is 8.23. The molecule has 192 valence electrons. The highest BCUT2D eigenvalue weighted by atomic mass is 16.3. The molecule has 0 bridgehead atoms. The third-order valence-corrected chi connectivity index (χ3v) is 8.23. The Labute approximate surface area is 235 Å². The van der Waals surface area contributed by atoms with Crippen molar-refractivity contribution in [2.45, 2.75) is 0 Å². The summed E-state index contributed by atoms with van der Waals surface area (Å²) >= 11 is 0. The molecule has 3 heteroatoms. The van der Waals surface area contributed by atoms with Gasteiger partial charge in [-0.2, -0.15) is 0 Å². The van der Waals surface area contributed by atoms with Crippen LogP contribution in [0, 0.1) is 0 Å². The molecule has 0 aliphatic carbocycles. The molecule has 0 N–H and O–H groups in total.